The van der Waals surface area contributed by atoms with Crippen molar-refractivity contribution in [3.05, 3.63) is 0 Å². The Balaban J connectivity index is 3.59. The number of amides is 1. The van der Waals surface area contributed by atoms with Crippen molar-refractivity contribution in [2.24, 2.45) is 11.8 Å². The zero-order valence-electron chi connectivity index (χ0n) is 12.2. The first-order valence-corrected chi connectivity index (χ1v) is 7.36. The summed E-state index contributed by atoms with van der Waals surface area (Å²) in [6.07, 6.45) is 7.79. The van der Waals surface area contributed by atoms with Crippen molar-refractivity contribution in [3.8, 4) is 0 Å². The number of nitrogens with one attached hydrogen (secondary N) is 1. The van der Waals surface area contributed by atoms with Crippen LogP contribution in [0.4, 0.5) is 0 Å². The molecule has 0 heterocycles. The maximum atomic E-state index is 11.6. The number of hydrogen-bond donors (Lipinski definition) is 1. The lowest BCUT2D eigenvalue weighted by atomic mass is 9.95. The topological polar surface area (TPSA) is 29.1 Å². The minimum atomic E-state index is 0.239. The summed E-state index contributed by atoms with van der Waals surface area (Å²) in [7, 11) is 0. The highest BCUT2D eigenvalue weighted by atomic mass is 16.1. The SMILES string of the molecule is CCCCCCC(=O)NCC(CC)CC(C)C. The Bertz CT molecular complexity index is 189. The molecule has 0 aromatic rings. The molecular formula is C15H31NO. The fraction of sp³-hybridized carbons (Fsp3) is 0.933. The molecule has 0 saturated heterocycles. The number of rotatable bonds is 10. The highest BCUT2D eigenvalue weighted by Gasteiger charge is 2.10. The second-order valence-electron chi connectivity index (χ2n) is 5.52. The third-order valence-electron chi connectivity index (χ3n) is 3.23. The largest absolute Gasteiger partial charge is 0.356 e. The van der Waals surface area contributed by atoms with E-state index in [1.807, 2.05) is 0 Å². The van der Waals surface area contributed by atoms with Gasteiger partial charge in [0, 0.05) is 13.0 Å². The summed E-state index contributed by atoms with van der Waals surface area (Å²) in [6.45, 7) is 9.75. The van der Waals surface area contributed by atoms with Crippen molar-refractivity contribution >= 4 is 5.91 Å². The van der Waals surface area contributed by atoms with Gasteiger partial charge in [0.05, 0.1) is 0 Å². The van der Waals surface area contributed by atoms with Gasteiger partial charge in [-0.2, -0.15) is 0 Å². The monoisotopic (exact) mass is 241 g/mol. The van der Waals surface area contributed by atoms with Crippen molar-refractivity contribution in [3.63, 3.8) is 0 Å². The summed E-state index contributed by atoms with van der Waals surface area (Å²) in [4.78, 5) is 11.6. The van der Waals surface area contributed by atoms with Gasteiger partial charge >= 0.3 is 0 Å². The summed E-state index contributed by atoms with van der Waals surface area (Å²) in [5, 5.41) is 3.08. The van der Waals surface area contributed by atoms with Gasteiger partial charge in [0.2, 0.25) is 5.91 Å². The average Bonchev–Trinajstić information content (AvgIpc) is 2.29. The summed E-state index contributed by atoms with van der Waals surface area (Å²) >= 11 is 0. The first-order valence-electron chi connectivity index (χ1n) is 7.36. The number of carbonyl (C=O) groups is 1. The molecule has 1 N–H and O–H groups in total. The Labute approximate surface area is 108 Å². The van der Waals surface area contributed by atoms with Crippen LogP contribution < -0.4 is 5.32 Å². The molecule has 0 aliphatic rings. The van der Waals surface area contributed by atoms with Crippen LogP contribution in [0.25, 0.3) is 0 Å². The first kappa shape index (κ1) is 16.5. The minimum absolute atomic E-state index is 0.239. The predicted octanol–water partition coefficient (Wildman–Crippen LogP) is 4.15. The number of unbranched alkanes of at least 4 members (excludes halogenated alkanes) is 3. The van der Waals surface area contributed by atoms with Crippen LogP contribution in [0.15, 0.2) is 0 Å². The molecular weight excluding hydrogens is 210 g/mol. The molecule has 1 amide bonds. The van der Waals surface area contributed by atoms with E-state index in [2.05, 4.69) is 33.0 Å². The summed E-state index contributed by atoms with van der Waals surface area (Å²) in [5.41, 5.74) is 0. The summed E-state index contributed by atoms with van der Waals surface area (Å²) in [5.74, 6) is 1.61. The molecule has 0 bridgehead atoms. The van der Waals surface area contributed by atoms with Crippen LogP contribution in [0.3, 0.4) is 0 Å². The molecule has 0 aromatic heterocycles. The Morgan fingerprint density at radius 2 is 1.82 bits per heavy atom. The smallest absolute Gasteiger partial charge is 0.220 e. The van der Waals surface area contributed by atoms with Gasteiger partial charge in [0.15, 0.2) is 0 Å². The fourth-order valence-electron chi connectivity index (χ4n) is 2.12. The molecule has 0 aliphatic heterocycles. The Morgan fingerprint density at radius 1 is 1.12 bits per heavy atom. The van der Waals surface area contributed by atoms with E-state index in [1.165, 1.54) is 25.7 Å². The molecule has 2 heteroatoms. The highest BCUT2D eigenvalue weighted by Crippen LogP contribution is 2.14. The van der Waals surface area contributed by atoms with E-state index < -0.39 is 0 Å². The number of hydrogen-bond acceptors (Lipinski definition) is 1. The number of carbonyl (C=O) groups excluding carboxylic acids is 1. The Hall–Kier alpha value is -0.530. The van der Waals surface area contributed by atoms with Gasteiger partial charge in [-0.25, -0.2) is 0 Å². The predicted molar refractivity (Wildman–Crippen MR) is 75.0 cm³/mol. The second-order valence-corrected chi connectivity index (χ2v) is 5.52. The van der Waals surface area contributed by atoms with Gasteiger partial charge in [0.1, 0.15) is 0 Å². The molecule has 0 rings (SSSR count). The van der Waals surface area contributed by atoms with Crippen LogP contribution in [0.2, 0.25) is 0 Å². The van der Waals surface area contributed by atoms with E-state index in [9.17, 15) is 4.79 Å². The zero-order chi connectivity index (χ0) is 13.1. The third-order valence-corrected chi connectivity index (χ3v) is 3.23. The molecule has 2 nitrogen and oxygen atoms in total. The lowest BCUT2D eigenvalue weighted by Gasteiger charge is -2.17. The standard InChI is InChI=1S/C15H31NO/c1-5-7-8-9-10-15(17)16-12-14(6-2)11-13(3)4/h13-14H,5-12H2,1-4H3,(H,16,17). The van der Waals surface area contributed by atoms with E-state index in [0.717, 1.165) is 25.3 Å². The van der Waals surface area contributed by atoms with Gasteiger partial charge in [0.25, 0.3) is 0 Å². The van der Waals surface area contributed by atoms with Crippen molar-refractivity contribution in [1.29, 1.82) is 0 Å². The summed E-state index contributed by atoms with van der Waals surface area (Å²) in [6, 6.07) is 0. The molecule has 1 unspecified atom stereocenters. The van der Waals surface area contributed by atoms with Crippen LogP contribution in [0.5, 0.6) is 0 Å². The van der Waals surface area contributed by atoms with Gasteiger partial charge in [-0.1, -0.05) is 53.4 Å². The third kappa shape index (κ3) is 10.3. The van der Waals surface area contributed by atoms with E-state index in [-0.39, 0.29) is 5.91 Å². The van der Waals surface area contributed by atoms with Crippen LogP contribution >= 0.6 is 0 Å². The first-order chi connectivity index (χ1) is 8.10. The highest BCUT2D eigenvalue weighted by molar-refractivity contribution is 5.75. The molecule has 17 heavy (non-hydrogen) atoms. The molecule has 0 aliphatic carbocycles. The maximum absolute atomic E-state index is 11.6. The van der Waals surface area contributed by atoms with Gasteiger partial charge < -0.3 is 5.32 Å². The Kier molecular flexibility index (Phi) is 10.3. The molecule has 0 aromatic carbocycles. The minimum Gasteiger partial charge on any atom is -0.356 e. The molecule has 0 fully saturated rings. The molecule has 0 radical (unpaired) electrons. The van der Waals surface area contributed by atoms with Crippen LogP contribution in [-0.4, -0.2) is 12.5 Å². The maximum Gasteiger partial charge on any atom is 0.220 e. The lowest BCUT2D eigenvalue weighted by molar-refractivity contribution is -0.121. The normalized spacial score (nSPS) is 12.8. The quantitative estimate of drug-likeness (QED) is 0.572. The fourth-order valence-corrected chi connectivity index (χ4v) is 2.12. The van der Waals surface area contributed by atoms with Crippen LogP contribution in [0.1, 0.15) is 72.6 Å². The summed E-state index contributed by atoms with van der Waals surface area (Å²) < 4.78 is 0. The van der Waals surface area contributed by atoms with E-state index in [4.69, 9.17) is 0 Å². The van der Waals surface area contributed by atoms with E-state index in [0.29, 0.717) is 12.3 Å². The van der Waals surface area contributed by atoms with Gasteiger partial charge in [-0.05, 0) is 24.7 Å². The van der Waals surface area contributed by atoms with Crippen molar-refractivity contribution in [2.75, 3.05) is 6.54 Å². The van der Waals surface area contributed by atoms with Crippen molar-refractivity contribution in [2.45, 2.75) is 72.6 Å². The van der Waals surface area contributed by atoms with Crippen LogP contribution in [-0.2, 0) is 4.79 Å². The van der Waals surface area contributed by atoms with Gasteiger partial charge in [-0.15, -0.1) is 0 Å². The molecule has 102 valence electrons. The van der Waals surface area contributed by atoms with E-state index in [1.54, 1.807) is 0 Å². The van der Waals surface area contributed by atoms with Crippen molar-refractivity contribution in [1.82, 2.24) is 5.32 Å². The van der Waals surface area contributed by atoms with E-state index >= 15 is 0 Å². The molecule has 1 atom stereocenters. The Morgan fingerprint density at radius 3 is 2.35 bits per heavy atom. The van der Waals surface area contributed by atoms with Gasteiger partial charge in [-0.3, -0.25) is 4.79 Å². The molecule has 0 spiro atoms. The van der Waals surface area contributed by atoms with Crippen LogP contribution in [0, 0.1) is 11.8 Å². The zero-order valence-corrected chi connectivity index (χ0v) is 12.2. The molecule has 0 saturated carbocycles. The lowest BCUT2D eigenvalue weighted by Crippen LogP contribution is -2.29. The van der Waals surface area contributed by atoms with Crippen molar-refractivity contribution < 1.29 is 4.79 Å². The average molecular weight is 241 g/mol. The second kappa shape index (κ2) is 10.6.